The molecule has 13 nitrogen and oxygen atoms in total. The van der Waals surface area contributed by atoms with Gasteiger partial charge in [-0.05, 0) is 294 Å². The topological polar surface area (TPSA) is 68.9 Å². The number of allylic oxidation sites excluding steroid dienone is 3. The van der Waals surface area contributed by atoms with Crippen LogP contribution in [0.2, 0.25) is 0 Å². The first-order valence-electron chi connectivity index (χ1n) is 50.2. The van der Waals surface area contributed by atoms with Crippen LogP contribution in [0.25, 0.3) is 0 Å². The van der Waals surface area contributed by atoms with E-state index >= 15 is 0 Å². The Morgan fingerprint density at radius 3 is 0.791 bits per heavy atom. The maximum Gasteiger partial charge on any atom is 0.182 e. The predicted octanol–water partition coefficient (Wildman–Crippen LogP) is 31.0. The minimum Gasteiger partial charge on any atom is -0.479 e. The number of likely N-dealkylation sites (tertiary alicyclic amines) is 4. The molecule has 129 heavy (non-hydrogen) atoms. The molecule has 9 fully saturated rings. The van der Waals surface area contributed by atoms with Gasteiger partial charge in [0.05, 0.1) is 36.9 Å². The Hall–Kier alpha value is -4.27. The van der Waals surface area contributed by atoms with Crippen molar-refractivity contribution in [2.75, 3.05) is 45.3 Å². The van der Waals surface area contributed by atoms with Crippen molar-refractivity contribution in [2.24, 2.45) is 48.7 Å². The maximum absolute atomic E-state index is 5.61. The number of rotatable bonds is 0. The number of hydrogen-bond acceptors (Lipinski definition) is 14. The standard InChI is InChI=1S/C14H27N.C13H26N2.2C13H25NO.2C13H25N.C12H23NO.C12H23NS.C12H23N/c1-11-9-8-10-12(13(2,3)4)15(11)14(5,6)7;1-10-8-14-9-11(12(2,3)4)15(10)13(5,6)7;1-10-8-15-9-11(12(2,3)4)14(10)13(5,6)7;1-10-14(13(5,6)7)11(8-9-15-10)12(2,3)4;2*1-10-8-9-11(12(2,3)4)14(10)13(5,6)7;2*1-9-13(12(5,6)7)10(8-14-9)11(2,3)4;1-9-8-10(11(2,3)4)13(9)12(5,6)7/h12H,1,8-10H2,2-7H3;11,14H,1,8-9H2,2-7H3;2*11H,1,8-9H2,2-7H3;2*11H,1,8-9H2,2-7H3;2*10H,1,8H2,2-7H3;10H,1,8H2,2-7H3. The molecule has 0 aromatic rings. The molecular weight excluding hydrogens is 1600 g/mol. The molecule has 0 amide bonds. The minimum absolute atomic E-state index is 0.0788. The second-order valence-electron chi connectivity index (χ2n) is 58.0. The van der Waals surface area contributed by atoms with E-state index in [-0.39, 0.29) is 71.5 Å². The minimum atomic E-state index is 0.0788. The lowest BCUT2D eigenvalue weighted by Gasteiger charge is -2.57. The molecule has 9 aliphatic heterocycles. The van der Waals surface area contributed by atoms with Crippen molar-refractivity contribution in [1.82, 2.24) is 49.4 Å². The second-order valence-corrected chi connectivity index (χ2v) is 59.1. The monoisotopic (exact) mass is 1820 g/mol. The Bertz CT molecular complexity index is 3190. The maximum atomic E-state index is 5.61. The van der Waals surface area contributed by atoms with Crippen molar-refractivity contribution in [3.8, 4) is 0 Å². The van der Waals surface area contributed by atoms with Crippen molar-refractivity contribution in [1.29, 1.82) is 0 Å². The molecule has 14 heteroatoms. The Kier molecular flexibility index (Phi) is 41.9. The van der Waals surface area contributed by atoms with Crippen LogP contribution in [-0.4, -0.2) is 194 Å². The van der Waals surface area contributed by atoms with Crippen LogP contribution < -0.4 is 5.32 Å². The van der Waals surface area contributed by atoms with Gasteiger partial charge in [-0.3, -0.25) is 0 Å². The number of morpholine rings is 1. The fraction of sp³-hybridized carbons (Fsp3) is 0.843. The van der Waals surface area contributed by atoms with E-state index < -0.39 is 0 Å². The van der Waals surface area contributed by atoms with Gasteiger partial charge in [0.25, 0.3) is 0 Å². The van der Waals surface area contributed by atoms with Crippen LogP contribution in [0.15, 0.2) is 110 Å². The lowest BCUT2D eigenvalue weighted by molar-refractivity contribution is -0.0599. The van der Waals surface area contributed by atoms with Gasteiger partial charge < -0.3 is 63.6 Å². The molecule has 1 N–H and O–H groups in total. The first-order valence-corrected chi connectivity index (χ1v) is 51.2. The molecule has 9 heterocycles. The number of hydrogen-bond donors (Lipinski definition) is 1. The normalized spacial score (nSPS) is 24.4. The number of nitrogens with zero attached hydrogens (tertiary/aromatic N) is 9. The van der Waals surface area contributed by atoms with Crippen molar-refractivity contribution in [3.63, 3.8) is 0 Å². The van der Waals surface area contributed by atoms with E-state index in [0.717, 1.165) is 56.8 Å². The first kappa shape index (κ1) is 123. The van der Waals surface area contributed by atoms with Gasteiger partial charge in [-0.1, -0.05) is 233 Å². The number of nitrogens with one attached hydrogen (secondary N) is 1. The van der Waals surface area contributed by atoms with Gasteiger partial charge in [0, 0.05) is 158 Å². The van der Waals surface area contributed by atoms with Crippen molar-refractivity contribution < 1.29 is 14.2 Å². The Labute approximate surface area is 810 Å². The molecule has 0 aliphatic carbocycles. The van der Waals surface area contributed by atoms with Gasteiger partial charge in [0.15, 0.2) is 11.8 Å². The fourth-order valence-corrected chi connectivity index (χ4v) is 22.4. The zero-order valence-corrected chi connectivity index (χ0v) is 97.3. The number of ether oxygens (including phenoxy) is 3. The molecule has 9 unspecified atom stereocenters. The average molecular weight is 1830 g/mol. The molecule has 0 saturated carbocycles. The van der Waals surface area contributed by atoms with Crippen molar-refractivity contribution >= 4 is 11.8 Å². The summed E-state index contributed by atoms with van der Waals surface area (Å²) in [7, 11) is 0. The molecule has 0 spiro atoms. The zero-order valence-electron chi connectivity index (χ0n) is 96.5. The van der Waals surface area contributed by atoms with Gasteiger partial charge in [-0.2, -0.15) is 0 Å². The summed E-state index contributed by atoms with van der Waals surface area (Å²) in [6.07, 6.45) is 10.9. The van der Waals surface area contributed by atoms with E-state index in [1.165, 1.54) is 90.6 Å². The summed E-state index contributed by atoms with van der Waals surface area (Å²) >= 11 is 1.90. The van der Waals surface area contributed by atoms with Crippen LogP contribution in [0.4, 0.5) is 0 Å². The van der Waals surface area contributed by atoms with Gasteiger partial charge in [-0.25, -0.2) is 0 Å². The molecule has 9 atom stereocenters. The van der Waals surface area contributed by atoms with Gasteiger partial charge >= 0.3 is 0 Å². The molecule has 0 aromatic heterocycles. The molecule has 9 saturated heterocycles. The highest BCUT2D eigenvalue weighted by atomic mass is 32.2. The van der Waals surface area contributed by atoms with Gasteiger partial charge in [-0.15, -0.1) is 11.8 Å². The Balaban J connectivity index is 0.000000726. The number of piperidine rings is 1. The van der Waals surface area contributed by atoms with E-state index in [0.29, 0.717) is 88.1 Å². The predicted molar refractivity (Wildman–Crippen MR) is 575 cm³/mol. The highest BCUT2D eigenvalue weighted by molar-refractivity contribution is 8.03. The lowest BCUT2D eigenvalue weighted by atomic mass is 9.75. The molecular formula is C115H222N10O3S. The molecule has 0 aromatic carbocycles. The van der Waals surface area contributed by atoms with E-state index in [2.05, 4.69) is 483 Å². The third kappa shape index (κ3) is 36.6. The summed E-state index contributed by atoms with van der Waals surface area (Å²) in [6.45, 7) is 165. The van der Waals surface area contributed by atoms with Gasteiger partial charge in [0.2, 0.25) is 0 Å². The summed E-state index contributed by atoms with van der Waals surface area (Å²) < 4.78 is 16.7. The summed E-state index contributed by atoms with van der Waals surface area (Å²) in [5.74, 6) is 2.82. The van der Waals surface area contributed by atoms with Crippen molar-refractivity contribution in [2.45, 2.75) is 536 Å². The number of piperazine rings is 1. The van der Waals surface area contributed by atoms with Crippen LogP contribution >= 0.6 is 11.8 Å². The second kappa shape index (κ2) is 44.0. The smallest absolute Gasteiger partial charge is 0.182 e. The molecule has 756 valence electrons. The first-order chi connectivity index (χ1) is 56.7. The summed E-state index contributed by atoms with van der Waals surface area (Å²) in [5, 5.41) is 4.69. The van der Waals surface area contributed by atoms with Crippen LogP contribution in [0, 0.1) is 48.7 Å². The Morgan fingerprint density at radius 2 is 0.527 bits per heavy atom. The highest BCUT2D eigenvalue weighted by Gasteiger charge is 2.50. The van der Waals surface area contributed by atoms with E-state index in [1.807, 2.05) is 11.8 Å². The van der Waals surface area contributed by atoms with Crippen LogP contribution in [0.5, 0.6) is 0 Å². The molecule has 9 rings (SSSR count). The quantitative estimate of drug-likeness (QED) is 0.250. The fourth-order valence-electron chi connectivity index (χ4n) is 20.8. The third-order valence-electron chi connectivity index (χ3n) is 26.6. The summed E-state index contributed by atoms with van der Waals surface area (Å²) in [6, 6.07) is 5.09. The van der Waals surface area contributed by atoms with E-state index in [1.54, 1.807) is 0 Å². The lowest BCUT2D eigenvalue weighted by Crippen LogP contribution is -2.60. The average Bonchev–Trinajstić information content (AvgIpc) is 1.19. The highest BCUT2D eigenvalue weighted by Crippen LogP contribution is 2.49. The SMILES string of the molecule is C=C1CC(C(C)(C)C)N1C(C)(C)C.C=C1CCC(C(C)(C)C)N1C(C)(C)C.C=C1CCC(C(C)(C)C)N1C(C)(C)C.C=C1CCCC(C(C)(C)C)N1C(C)(C)C.C=C1CNCC(C(C)(C)C)N1C(C)(C)C.C=C1COCC(C(C)(C)C)N1C(C)(C)C.C=C1OCC(C(C)(C)C)N1C(C)(C)C.C=C1OCCC(C(C)(C)C)N1C(C)(C)C.C=C1SCC(C(C)(C)C)N1C(C)(C)C. The Morgan fingerprint density at radius 1 is 0.256 bits per heavy atom. The van der Waals surface area contributed by atoms with Crippen LogP contribution in [0.3, 0.4) is 0 Å². The van der Waals surface area contributed by atoms with E-state index in [9.17, 15) is 0 Å². The summed E-state index contributed by atoms with van der Waals surface area (Å²) in [4.78, 5) is 22.1. The largest absolute Gasteiger partial charge is 0.479 e. The van der Waals surface area contributed by atoms with Crippen LogP contribution in [-0.2, 0) is 14.2 Å². The number of thioether (sulfide) groups is 1. The zero-order chi connectivity index (χ0) is 102. The third-order valence-corrected chi connectivity index (χ3v) is 27.6. The van der Waals surface area contributed by atoms with E-state index in [4.69, 9.17) is 14.2 Å². The molecule has 0 radical (unpaired) electrons. The van der Waals surface area contributed by atoms with Crippen LogP contribution in [0.1, 0.15) is 432 Å². The molecule has 0 bridgehead atoms. The van der Waals surface area contributed by atoms with Crippen molar-refractivity contribution in [3.05, 3.63) is 110 Å². The molecule has 9 aliphatic rings. The summed E-state index contributed by atoms with van der Waals surface area (Å²) in [5.41, 5.74) is 11.8. The van der Waals surface area contributed by atoms with Gasteiger partial charge in [0.1, 0.15) is 6.61 Å².